The highest BCUT2D eigenvalue weighted by molar-refractivity contribution is 6.62. The number of hydrogen-bond donors (Lipinski definition) is 0. The van der Waals surface area contributed by atoms with Gasteiger partial charge >= 0.3 is 13.3 Å². The van der Waals surface area contributed by atoms with Gasteiger partial charge in [0.2, 0.25) is 0 Å². The number of pyridine rings is 1. The van der Waals surface area contributed by atoms with Crippen LogP contribution in [0.1, 0.15) is 26.5 Å². The van der Waals surface area contributed by atoms with Crippen molar-refractivity contribution in [3.05, 3.63) is 24.0 Å². The lowest BCUT2D eigenvalue weighted by atomic mass is 9.71. The minimum atomic E-state index is -4.47. The van der Waals surface area contributed by atoms with Crippen LogP contribution in [0.2, 0.25) is 0 Å². The Morgan fingerprint density at radius 3 is 2.37 bits per heavy atom. The average molecular weight is 271 g/mol. The lowest BCUT2D eigenvalue weighted by molar-refractivity contribution is -0.141. The topological polar surface area (TPSA) is 31.4 Å². The molecule has 0 amide bonds. The molecule has 1 aliphatic rings. The number of hydrogen-bond acceptors (Lipinski definition) is 3. The van der Waals surface area contributed by atoms with Gasteiger partial charge in [0.15, 0.2) is 0 Å². The predicted molar refractivity (Wildman–Crippen MR) is 67.8 cm³/mol. The van der Waals surface area contributed by atoms with Crippen LogP contribution in [0.4, 0.5) is 13.2 Å². The maximum atomic E-state index is 12.6. The first kappa shape index (κ1) is 14.4. The summed E-state index contributed by atoms with van der Waals surface area (Å²) in [5.41, 5.74) is -1.79. The van der Waals surface area contributed by atoms with E-state index >= 15 is 0 Å². The van der Waals surface area contributed by atoms with E-state index in [2.05, 4.69) is 4.98 Å². The quantitative estimate of drug-likeness (QED) is 0.713. The van der Waals surface area contributed by atoms with Crippen LogP contribution < -0.4 is 5.46 Å². The molecule has 19 heavy (non-hydrogen) atoms. The number of aromatic nitrogens is 1. The van der Waals surface area contributed by atoms with Gasteiger partial charge in [-0.2, -0.15) is 13.2 Å². The highest BCUT2D eigenvalue weighted by Gasteiger charge is 2.51. The summed E-state index contributed by atoms with van der Waals surface area (Å²) in [5, 5.41) is 0. The van der Waals surface area contributed by atoms with Gasteiger partial charge in [0.05, 0.1) is 5.60 Å². The van der Waals surface area contributed by atoms with Crippen LogP contribution in [0, 0.1) is 0 Å². The molecule has 0 saturated carbocycles. The lowest BCUT2D eigenvalue weighted by Crippen LogP contribution is -2.45. The molecule has 0 spiro atoms. The zero-order valence-electron chi connectivity index (χ0n) is 11.2. The van der Waals surface area contributed by atoms with Gasteiger partial charge in [0.1, 0.15) is 13.5 Å². The molecule has 2 heterocycles. The summed E-state index contributed by atoms with van der Waals surface area (Å²) in [6, 6.07) is 2.43. The molecule has 1 fully saturated rings. The summed E-state index contributed by atoms with van der Waals surface area (Å²) in [7, 11) is 1.04. The molecule has 1 aromatic rings. The molecule has 0 N–H and O–H groups in total. The van der Waals surface area contributed by atoms with Crippen molar-refractivity contribution in [3.8, 4) is 0 Å². The molecule has 102 valence electrons. The minimum absolute atomic E-state index is 0.320. The first-order chi connectivity index (χ1) is 8.53. The molecule has 1 aromatic heterocycles. The largest absolute Gasteiger partial charge is 0.494 e. The van der Waals surface area contributed by atoms with Crippen LogP contribution in [0.15, 0.2) is 18.3 Å². The average Bonchev–Trinajstić information content (AvgIpc) is 2.47. The molecule has 1 saturated heterocycles. The van der Waals surface area contributed by atoms with E-state index in [1.807, 2.05) is 28.6 Å². The minimum Gasteiger partial charge on any atom is -0.407 e. The van der Waals surface area contributed by atoms with Crippen molar-refractivity contribution in [1.82, 2.24) is 4.98 Å². The molecule has 2 rings (SSSR count). The second-order valence-corrected chi connectivity index (χ2v) is 5.56. The Morgan fingerprint density at radius 1 is 1.26 bits per heavy atom. The molecule has 0 radical (unpaired) electrons. The van der Waals surface area contributed by atoms with Gasteiger partial charge in [-0.1, -0.05) is 0 Å². The maximum absolute atomic E-state index is 12.6. The van der Waals surface area contributed by atoms with E-state index in [0.717, 1.165) is 12.3 Å². The third kappa shape index (κ3) is 2.65. The van der Waals surface area contributed by atoms with Gasteiger partial charge in [-0.05, 0) is 38.4 Å². The zero-order chi connectivity index (χ0) is 14.5. The smallest absolute Gasteiger partial charge is 0.407 e. The van der Waals surface area contributed by atoms with Crippen molar-refractivity contribution in [1.29, 1.82) is 0 Å². The highest BCUT2D eigenvalue weighted by Crippen LogP contribution is 2.34. The third-order valence-electron chi connectivity index (χ3n) is 3.60. The predicted octanol–water partition coefficient (Wildman–Crippen LogP) is 0.970. The van der Waals surface area contributed by atoms with Gasteiger partial charge in [-0.15, -0.1) is 0 Å². The summed E-state index contributed by atoms with van der Waals surface area (Å²) < 4.78 is 49.2. The van der Waals surface area contributed by atoms with Gasteiger partial charge < -0.3 is 9.31 Å². The van der Waals surface area contributed by atoms with Gasteiger partial charge in [0.25, 0.3) is 0 Å². The van der Waals surface area contributed by atoms with Gasteiger partial charge in [-0.25, -0.2) is 0 Å². The van der Waals surface area contributed by atoms with Crippen LogP contribution in [0.3, 0.4) is 0 Å². The molecule has 1 atom stereocenters. The van der Waals surface area contributed by atoms with Crippen molar-refractivity contribution >= 4 is 20.4 Å². The van der Waals surface area contributed by atoms with Gasteiger partial charge in [-0.3, -0.25) is 4.98 Å². The van der Waals surface area contributed by atoms with E-state index in [4.69, 9.17) is 9.31 Å². The molecule has 3 nitrogen and oxygen atoms in total. The normalized spacial score (nSPS) is 26.7. The van der Waals surface area contributed by atoms with Crippen LogP contribution in [0.25, 0.3) is 0 Å². The van der Waals surface area contributed by atoms with Crippen LogP contribution >= 0.6 is 0 Å². The Hall–Kier alpha value is -1.01. The number of nitrogens with zero attached hydrogens (tertiary/aromatic N) is 1. The second-order valence-electron chi connectivity index (χ2n) is 5.56. The Bertz CT molecular complexity index is 475. The Morgan fingerprint density at radius 2 is 1.89 bits per heavy atom. The zero-order valence-corrected chi connectivity index (χ0v) is 11.2. The molecule has 0 bridgehead atoms. The molecule has 0 aliphatic carbocycles. The second kappa shape index (κ2) is 4.24. The van der Waals surface area contributed by atoms with Crippen LogP contribution in [0.5, 0.6) is 0 Å². The molecular formula is C11H14B2F3NO2. The van der Waals surface area contributed by atoms with Crippen LogP contribution in [-0.2, 0) is 15.5 Å². The SMILES string of the molecule is BC1(C)OB(c2ccnc(C(F)(F)F)c2)OC1(C)C. The molecule has 1 unspecified atom stereocenters. The Balaban J connectivity index is 2.30. The van der Waals surface area contributed by atoms with E-state index in [1.165, 1.54) is 6.07 Å². The number of alkyl halides is 3. The first-order valence-corrected chi connectivity index (χ1v) is 5.92. The fourth-order valence-corrected chi connectivity index (χ4v) is 1.73. The summed E-state index contributed by atoms with van der Waals surface area (Å²) >= 11 is 0. The van der Waals surface area contributed by atoms with E-state index in [9.17, 15) is 13.2 Å². The summed E-state index contributed by atoms with van der Waals surface area (Å²) in [6.45, 7) is 5.54. The fourth-order valence-electron chi connectivity index (χ4n) is 1.73. The van der Waals surface area contributed by atoms with E-state index in [-0.39, 0.29) is 0 Å². The van der Waals surface area contributed by atoms with Crippen molar-refractivity contribution in [2.75, 3.05) is 0 Å². The number of rotatable bonds is 1. The Labute approximate surface area is 111 Å². The summed E-state index contributed by atoms with van der Waals surface area (Å²) in [4.78, 5) is 3.32. The first-order valence-electron chi connectivity index (χ1n) is 5.92. The number of halogens is 3. The van der Waals surface area contributed by atoms with Crippen LogP contribution in [-0.4, -0.2) is 31.1 Å². The fraction of sp³-hybridized carbons (Fsp3) is 0.545. The Kier molecular flexibility index (Phi) is 3.22. The monoisotopic (exact) mass is 271 g/mol. The highest BCUT2D eigenvalue weighted by atomic mass is 19.4. The van der Waals surface area contributed by atoms with Crippen molar-refractivity contribution in [2.45, 2.75) is 38.0 Å². The van der Waals surface area contributed by atoms with Crippen molar-refractivity contribution in [3.63, 3.8) is 0 Å². The summed E-state index contributed by atoms with van der Waals surface area (Å²) in [5.74, 6) is 0. The standard InChI is InChI=1S/C11H14B2F3NO2/c1-9(2)10(3,12)19-13(18-9)7-4-5-17-8(6-7)11(14,15)16/h4-6H,12H2,1-3H3. The van der Waals surface area contributed by atoms with Gasteiger partial charge in [0, 0.05) is 11.7 Å². The van der Waals surface area contributed by atoms with Crippen molar-refractivity contribution in [2.24, 2.45) is 0 Å². The summed E-state index contributed by atoms with van der Waals surface area (Å²) in [6.07, 6.45) is -3.36. The van der Waals surface area contributed by atoms with E-state index < -0.39 is 30.1 Å². The molecule has 1 aliphatic heterocycles. The van der Waals surface area contributed by atoms with Crippen molar-refractivity contribution < 1.29 is 22.5 Å². The third-order valence-corrected chi connectivity index (χ3v) is 3.60. The van der Waals surface area contributed by atoms with E-state index in [0.29, 0.717) is 5.46 Å². The molecular weight excluding hydrogens is 257 g/mol. The molecule has 8 heteroatoms. The molecule has 0 aromatic carbocycles. The van der Waals surface area contributed by atoms with E-state index in [1.54, 1.807) is 0 Å². The lowest BCUT2D eigenvalue weighted by Gasteiger charge is -2.32. The maximum Gasteiger partial charge on any atom is 0.494 e.